The first-order valence-corrected chi connectivity index (χ1v) is 23.6. The zero-order chi connectivity index (χ0) is 39.4. The van der Waals surface area contributed by atoms with Crippen LogP contribution in [0.5, 0.6) is 0 Å². The van der Waals surface area contributed by atoms with Gasteiger partial charge in [-0.15, -0.1) is 0 Å². The number of aliphatic hydroxyl groups is 2. The van der Waals surface area contributed by atoms with Crippen LogP contribution in [-0.2, 0) is 14.3 Å². The summed E-state index contributed by atoms with van der Waals surface area (Å²) in [6, 6.07) is -0.629. The number of amides is 1. The summed E-state index contributed by atoms with van der Waals surface area (Å²) >= 11 is 0. The van der Waals surface area contributed by atoms with Crippen molar-refractivity contribution in [2.45, 2.75) is 257 Å². The molecule has 0 aliphatic rings. The minimum atomic E-state index is -0.845. The van der Waals surface area contributed by atoms with Crippen molar-refractivity contribution in [2.75, 3.05) is 13.2 Å². The van der Waals surface area contributed by atoms with E-state index < -0.39 is 12.1 Å². The molecule has 0 rings (SSSR count). The molecule has 0 bridgehead atoms. The quantitative estimate of drug-likeness (QED) is 0.0327. The number of carbonyl (C=O) groups excluding carboxylic acids is 2. The van der Waals surface area contributed by atoms with Crippen LogP contribution in [0.2, 0.25) is 0 Å². The second kappa shape index (κ2) is 44.1. The van der Waals surface area contributed by atoms with Crippen molar-refractivity contribution in [3.05, 3.63) is 24.3 Å². The van der Waals surface area contributed by atoms with Gasteiger partial charge in [-0.3, -0.25) is 9.59 Å². The number of rotatable bonds is 43. The highest BCUT2D eigenvalue weighted by Gasteiger charge is 2.18. The number of carbonyl (C=O) groups is 2. The van der Waals surface area contributed by atoms with Crippen molar-refractivity contribution < 1.29 is 24.5 Å². The molecule has 318 valence electrons. The normalized spacial score (nSPS) is 12.9. The van der Waals surface area contributed by atoms with Gasteiger partial charge in [0.2, 0.25) is 5.91 Å². The molecule has 0 aromatic carbocycles. The third kappa shape index (κ3) is 40.0. The lowest BCUT2D eigenvalue weighted by atomic mass is 10.0. The van der Waals surface area contributed by atoms with Crippen molar-refractivity contribution >= 4 is 11.9 Å². The molecule has 0 saturated heterocycles. The first-order chi connectivity index (χ1) is 26.5. The van der Waals surface area contributed by atoms with E-state index in [1.807, 2.05) is 6.08 Å². The van der Waals surface area contributed by atoms with E-state index in [0.717, 1.165) is 44.9 Å². The Morgan fingerprint density at radius 1 is 0.500 bits per heavy atom. The van der Waals surface area contributed by atoms with E-state index in [1.165, 1.54) is 173 Å². The molecule has 2 unspecified atom stereocenters. The fourth-order valence-corrected chi connectivity index (χ4v) is 7.02. The van der Waals surface area contributed by atoms with Crippen molar-refractivity contribution in [2.24, 2.45) is 0 Å². The average molecular weight is 762 g/mol. The molecule has 54 heavy (non-hydrogen) atoms. The third-order valence-corrected chi connectivity index (χ3v) is 10.7. The lowest BCUT2D eigenvalue weighted by Crippen LogP contribution is -2.45. The fraction of sp³-hybridized carbons (Fsp3) is 0.875. The molecule has 6 nitrogen and oxygen atoms in total. The van der Waals surface area contributed by atoms with E-state index in [9.17, 15) is 19.8 Å². The van der Waals surface area contributed by atoms with Crippen molar-refractivity contribution in [3.8, 4) is 0 Å². The SMILES string of the molecule is CCCC/C=C\CCCCCCCC(=O)OCCCCCCCCCCCCCCCCCCCC(=O)NC(CO)C(O)/C=C/CCCCCCCCC. The summed E-state index contributed by atoms with van der Waals surface area (Å²) in [5.41, 5.74) is 0. The standard InChI is InChI=1S/C48H91NO5/c1-3-5-7-9-11-13-21-26-30-34-38-42-48(53)54-43-39-35-31-27-23-20-18-16-14-15-17-19-22-25-29-33-37-41-47(52)49-45(44-50)46(51)40-36-32-28-24-12-10-8-6-4-2/h9,11,36,40,45-46,50-51H,3-8,10,12-35,37-39,41-44H2,1-2H3,(H,49,52)/b11-9-,40-36+. The Labute approximate surface area is 335 Å². The van der Waals surface area contributed by atoms with Gasteiger partial charge in [-0.2, -0.15) is 0 Å². The van der Waals surface area contributed by atoms with Gasteiger partial charge in [0.25, 0.3) is 0 Å². The summed E-state index contributed by atoms with van der Waals surface area (Å²) in [5, 5.41) is 22.9. The monoisotopic (exact) mass is 762 g/mol. The summed E-state index contributed by atoms with van der Waals surface area (Å²) in [5.74, 6) is -0.0846. The molecule has 0 aliphatic carbocycles. The highest BCUT2D eigenvalue weighted by atomic mass is 16.5. The molecule has 0 saturated carbocycles. The lowest BCUT2D eigenvalue weighted by molar-refractivity contribution is -0.143. The molecule has 0 aromatic heterocycles. The number of allylic oxidation sites excluding steroid dienone is 3. The molecule has 3 N–H and O–H groups in total. The molecular weight excluding hydrogens is 671 g/mol. The third-order valence-electron chi connectivity index (χ3n) is 10.7. The fourth-order valence-electron chi connectivity index (χ4n) is 7.02. The highest BCUT2D eigenvalue weighted by Crippen LogP contribution is 2.15. The lowest BCUT2D eigenvalue weighted by Gasteiger charge is -2.20. The predicted octanol–water partition coefficient (Wildman–Crippen LogP) is 13.6. The molecule has 0 aliphatic heterocycles. The summed E-state index contributed by atoms with van der Waals surface area (Å²) in [6.45, 7) is 4.81. The van der Waals surface area contributed by atoms with E-state index in [2.05, 4.69) is 31.3 Å². The molecule has 0 aromatic rings. The molecule has 1 amide bonds. The predicted molar refractivity (Wildman–Crippen MR) is 232 cm³/mol. The van der Waals surface area contributed by atoms with Crippen LogP contribution in [-0.4, -0.2) is 47.4 Å². The van der Waals surface area contributed by atoms with Crippen LogP contribution in [0, 0.1) is 0 Å². The van der Waals surface area contributed by atoms with Crippen LogP contribution in [0.3, 0.4) is 0 Å². The Bertz CT molecular complexity index is 843. The number of ether oxygens (including phenoxy) is 1. The average Bonchev–Trinajstić information content (AvgIpc) is 3.17. The largest absolute Gasteiger partial charge is 0.466 e. The van der Waals surface area contributed by atoms with Crippen molar-refractivity contribution in [3.63, 3.8) is 0 Å². The minimum absolute atomic E-state index is 0.00759. The highest BCUT2D eigenvalue weighted by molar-refractivity contribution is 5.76. The molecular formula is C48H91NO5. The van der Waals surface area contributed by atoms with Crippen LogP contribution in [0.1, 0.15) is 245 Å². The van der Waals surface area contributed by atoms with Gasteiger partial charge in [-0.05, 0) is 51.4 Å². The molecule has 0 heterocycles. The summed E-state index contributed by atoms with van der Waals surface area (Å²) in [7, 11) is 0. The second-order valence-electron chi connectivity index (χ2n) is 16.1. The summed E-state index contributed by atoms with van der Waals surface area (Å²) < 4.78 is 5.44. The minimum Gasteiger partial charge on any atom is -0.466 e. The van der Waals surface area contributed by atoms with Crippen molar-refractivity contribution in [1.82, 2.24) is 5.32 Å². The van der Waals surface area contributed by atoms with Crippen LogP contribution in [0.25, 0.3) is 0 Å². The number of hydrogen-bond acceptors (Lipinski definition) is 5. The summed E-state index contributed by atoms with van der Waals surface area (Å²) in [6.07, 6.45) is 50.3. The van der Waals surface area contributed by atoms with Crippen LogP contribution < -0.4 is 5.32 Å². The number of aliphatic hydroxyl groups excluding tert-OH is 2. The van der Waals surface area contributed by atoms with Gasteiger partial charge < -0.3 is 20.3 Å². The Balaban J connectivity index is 3.43. The van der Waals surface area contributed by atoms with Crippen LogP contribution in [0.4, 0.5) is 0 Å². The Morgan fingerprint density at radius 2 is 0.889 bits per heavy atom. The van der Waals surface area contributed by atoms with E-state index in [0.29, 0.717) is 19.4 Å². The summed E-state index contributed by atoms with van der Waals surface area (Å²) in [4.78, 5) is 24.3. The molecule has 2 atom stereocenters. The number of nitrogens with one attached hydrogen (secondary N) is 1. The van der Waals surface area contributed by atoms with Gasteiger partial charge in [0.05, 0.1) is 25.4 Å². The number of unbranched alkanes of at least 4 members (excludes halogenated alkanes) is 30. The second-order valence-corrected chi connectivity index (χ2v) is 16.1. The van der Waals surface area contributed by atoms with Crippen LogP contribution in [0.15, 0.2) is 24.3 Å². The first-order valence-electron chi connectivity index (χ1n) is 23.6. The van der Waals surface area contributed by atoms with Gasteiger partial charge in [-0.25, -0.2) is 0 Å². The smallest absolute Gasteiger partial charge is 0.305 e. The maximum atomic E-state index is 12.3. The van der Waals surface area contributed by atoms with Gasteiger partial charge >= 0.3 is 5.97 Å². The van der Waals surface area contributed by atoms with Gasteiger partial charge in [0.1, 0.15) is 0 Å². The van der Waals surface area contributed by atoms with E-state index in [4.69, 9.17) is 4.74 Å². The van der Waals surface area contributed by atoms with Gasteiger partial charge in [0, 0.05) is 12.8 Å². The first kappa shape index (κ1) is 52.3. The van der Waals surface area contributed by atoms with Gasteiger partial charge in [-0.1, -0.05) is 205 Å². The van der Waals surface area contributed by atoms with Crippen LogP contribution >= 0.6 is 0 Å². The van der Waals surface area contributed by atoms with E-state index >= 15 is 0 Å². The zero-order valence-electron chi connectivity index (χ0n) is 36.0. The zero-order valence-corrected chi connectivity index (χ0v) is 36.0. The Kier molecular flexibility index (Phi) is 42.7. The Hall–Kier alpha value is -1.66. The van der Waals surface area contributed by atoms with E-state index in [1.54, 1.807) is 6.08 Å². The maximum absolute atomic E-state index is 12.3. The van der Waals surface area contributed by atoms with Gasteiger partial charge in [0.15, 0.2) is 0 Å². The van der Waals surface area contributed by atoms with E-state index in [-0.39, 0.29) is 18.5 Å². The Morgan fingerprint density at radius 3 is 1.37 bits per heavy atom. The van der Waals surface area contributed by atoms with Crippen molar-refractivity contribution in [1.29, 1.82) is 0 Å². The molecule has 0 spiro atoms. The topological polar surface area (TPSA) is 95.9 Å². The maximum Gasteiger partial charge on any atom is 0.305 e. The molecule has 0 radical (unpaired) electrons. The number of hydrogen-bond donors (Lipinski definition) is 3. The molecule has 6 heteroatoms. The molecule has 0 fully saturated rings. The number of esters is 1.